The second-order valence-electron chi connectivity index (χ2n) is 6.58. The predicted octanol–water partition coefficient (Wildman–Crippen LogP) is -0.0473. The molecular formula is C18H18FN5O5. The predicted molar refractivity (Wildman–Crippen MR) is 96.7 cm³/mol. The first kappa shape index (κ1) is 19.2. The largest absolute Gasteiger partial charge is 0.463 e. The molecule has 1 aliphatic rings. The van der Waals surface area contributed by atoms with Crippen molar-refractivity contribution in [2.24, 2.45) is 0 Å². The normalized spacial score (nSPS) is 24.1. The Morgan fingerprint density at radius 3 is 2.83 bits per heavy atom. The van der Waals surface area contributed by atoms with Crippen molar-refractivity contribution in [3.05, 3.63) is 48.3 Å². The van der Waals surface area contributed by atoms with E-state index in [-0.39, 0.29) is 24.4 Å². The molecule has 11 heteroatoms. The number of hydrogen-bond donors (Lipinski definition) is 3. The number of aliphatic hydroxyl groups excluding tert-OH is 2. The Morgan fingerprint density at radius 2 is 2.03 bits per heavy atom. The van der Waals surface area contributed by atoms with E-state index in [1.54, 1.807) is 6.07 Å². The summed E-state index contributed by atoms with van der Waals surface area (Å²) >= 11 is 0. The Morgan fingerprint density at radius 1 is 1.24 bits per heavy atom. The monoisotopic (exact) mass is 403 g/mol. The molecule has 29 heavy (non-hydrogen) atoms. The number of aromatic nitrogens is 4. The average Bonchev–Trinajstić information content (AvgIpc) is 3.25. The van der Waals surface area contributed by atoms with Gasteiger partial charge < -0.3 is 25.4 Å². The summed E-state index contributed by atoms with van der Waals surface area (Å²) in [6.07, 6.45) is -2.30. The summed E-state index contributed by atoms with van der Waals surface area (Å²) in [6, 6.07) is 5.86. The first-order chi connectivity index (χ1) is 14.0. The van der Waals surface area contributed by atoms with E-state index in [1.165, 1.54) is 35.4 Å². The number of ether oxygens (including phenoxy) is 2. The van der Waals surface area contributed by atoms with Gasteiger partial charge in [0.05, 0.1) is 12.7 Å². The zero-order chi connectivity index (χ0) is 20.5. The van der Waals surface area contributed by atoms with E-state index in [2.05, 4.69) is 15.0 Å². The lowest BCUT2D eigenvalue weighted by atomic mass is 10.1. The van der Waals surface area contributed by atoms with Crippen LogP contribution in [0, 0.1) is 5.82 Å². The minimum atomic E-state index is -1.32. The van der Waals surface area contributed by atoms with Gasteiger partial charge >= 0.3 is 5.97 Å². The van der Waals surface area contributed by atoms with Gasteiger partial charge in [0.2, 0.25) is 0 Å². The molecule has 1 aliphatic heterocycles. The number of imidazole rings is 1. The number of carbonyl (C=O) groups excluding carboxylic acids is 1. The van der Waals surface area contributed by atoms with Gasteiger partial charge in [-0.2, -0.15) is 0 Å². The van der Waals surface area contributed by atoms with Crippen LogP contribution in [0.5, 0.6) is 0 Å². The molecule has 3 aromatic rings. The summed E-state index contributed by atoms with van der Waals surface area (Å²) in [6.45, 7) is -0.314. The van der Waals surface area contributed by atoms with E-state index >= 15 is 0 Å². The van der Waals surface area contributed by atoms with Gasteiger partial charge in [-0.15, -0.1) is 0 Å². The van der Waals surface area contributed by atoms with E-state index in [0.29, 0.717) is 11.2 Å². The Kier molecular flexibility index (Phi) is 5.09. The van der Waals surface area contributed by atoms with Crippen molar-refractivity contribution in [1.82, 2.24) is 19.5 Å². The molecule has 0 radical (unpaired) electrons. The summed E-state index contributed by atoms with van der Waals surface area (Å²) in [5, 5.41) is 20.7. The maximum Gasteiger partial charge on any atom is 0.310 e. The zero-order valence-electron chi connectivity index (χ0n) is 15.1. The van der Waals surface area contributed by atoms with Gasteiger partial charge in [-0.25, -0.2) is 19.3 Å². The van der Waals surface area contributed by atoms with Crippen molar-refractivity contribution in [3.8, 4) is 0 Å². The maximum atomic E-state index is 13.6. The van der Waals surface area contributed by atoms with Gasteiger partial charge in [0, 0.05) is 0 Å². The summed E-state index contributed by atoms with van der Waals surface area (Å²) in [5.74, 6) is -1.02. The molecule has 2 aromatic heterocycles. The smallest absolute Gasteiger partial charge is 0.310 e. The van der Waals surface area contributed by atoms with Crippen molar-refractivity contribution < 1.29 is 28.9 Å². The minimum absolute atomic E-state index is 0.167. The van der Waals surface area contributed by atoms with E-state index in [1.807, 2.05) is 0 Å². The number of halogens is 1. The van der Waals surface area contributed by atoms with Crippen molar-refractivity contribution in [3.63, 3.8) is 0 Å². The highest BCUT2D eigenvalue weighted by atomic mass is 19.1. The highest BCUT2D eigenvalue weighted by Gasteiger charge is 2.45. The number of benzene rings is 1. The van der Waals surface area contributed by atoms with Gasteiger partial charge in [0.15, 0.2) is 17.7 Å². The minimum Gasteiger partial charge on any atom is -0.463 e. The molecule has 0 unspecified atom stereocenters. The molecule has 1 aromatic carbocycles. The van der Waals surface area contributed by atoms with Crippen LogP contribution in [-0.4, -0.2) is 60.6 Å². The summed E-state index contributed by atoms with van der Waals surface area (Å²) in [5.41, 5.74) is 6.60. The molecule has 0 bridgehead atoms. The molecule has 3 heterocycles. The molecule has 1 saturated heterocycles. The zero-order valence-corrected chi connectivity index (χ0v) is 15.1. The Hall–Kier alpha value is -3.15. The molecule has 0 amide bonds. The topological polar surface area (TPSA) is 146 Å². The second kappa shape index (κ2) is 7.70. The van der Waals surface area contributed by atoms with Gasteiger partial charge in [0.25, 0.3) is 0 Å². The van der Waals surface area contributed by atoms with Gasteiger partial charge in [0.1, 0.15) is 42.6 Å². The molecule has 1 fully saturated rings. The first-order valence-electron chi connectivity index (χ1n) is 8.79. The van der Waals surface area contributed by atoms with E-state index in [4.69, 9.17) is 15.2 Å². The summed E-state index contributed by atoms with van der Waals surface area (Å²) in [4.78, 5) is 24.0. The van der Waals surface area contributed by atoms with Crippen molar-refractivity contribution in [1.29, 1.82) is 0 Å². The van der Waals surface area contributed by atoms with Gasteiger partial charge in [-0.05, 0) is 11.6 Å². The number of nitrogen functional groups attached to an aromatic ring is 1. The number of carbonyl (C=O) groups is 1. The summed E-state index contributed by atoms with van der Waals surface area (Å²) in [7, 11) is 0. The number of esters is 1. The number of nitrogens with two attached hydrogens (primary N) is 1. The molecule has 152 valence electrons. The van der Waals surface area contributed by atoms with Crippen LogP contribution < -0.4 is 5.73 Å². The number of fused-ring (bicyclic) bond motifs is 1. The number of aliphatic hydroxyl groups is 2. The number of nitrogens with zero attached hydrogens (tertiary/aromatic N) is 4. The average molecular weight is 403 g/mol. The second-order valence-corrected chi connectivity index (χ2v) is 6.58. The lowest BCUT2D eigenvalue weighted by Gasteiger charge is -2.16. The third kappa shape index (κ3) is 3.62. The van der Waals surface area contributed by atoms with Crippen LogP contribution in [0.2, 0.25) is 0 Å². The quantitative estimate of drug-likeness (QED) is 0.499. The Bertz CT molecular complexity index is 1040. The van der Waals surface area contributed by atoms with Crippen LogP contribution in [0.3, 0.4) is 0 Å². The van der Waals surface area contributed by atoms with Crippen LogP contribution in [0.15, 0.2) is 36.9 Å². The van der Waals surface area contributed by atoms with E-state index in [9.17, 15) is 19.4 Å². The fraction of sp³-hybridized carbons (Fsp3) is 0.333. The van der Waals surface area contributed by atoms with E-state index in [0.717, 1.165) is 0 Å². The fourth-order valence-electron chi connectivity index (χ4n) is 3.18. The summed E-state index contributed by atoms with van der Waals surface area (Å²) < 4.78 is 25.8. The van der Waals surface area contributed by atoms with Crippen molar-refractivity contribution in [2.75, 3.05) is 12.3 Å². The lowest BCUT2D eigenvalue weighted by Crippen LogP contribution is -2.34. The fourth-order valence-corrected chi connectivity index (χ4v) is 3.18. The molecule has 0 spiro atoms. The van der Waals surface area contributed by atoms with Gasteiger partial charge in [-0.1, -0.05) is 18.2 Å². The molecule has 0 saturated carbocycles. The third-order valence-corrected chi connectivity index (χ3v) is 4.70. The van der Waals surface area contributed by atoms with Crippen LogP contribution in [0.25, 0.3) is 11.2 Å². The molecule has 4 N–H and O–H groups in total. The van der Waals surface area contributed by atoms with Crippen molar-refractivity contribution >= 4 is 23.0 Å². The molecule has 10 nitrogen and oxygen atoms in total. The Balaban J connectivity index is 1.43. The van der Waals surface area contributed by atoms with Crippen molar-refractivity contribution in [2.45, 2.75) is 31.0 Å². The number of hydrogen-bond acceptors (Lipinski definition) is 9. The highest BCUT2D eigenvalue weighted by molar-refractivity contribution is 5.81. The van der Waals surface area contributed by atoms with Gasteiger partial charge in [-0.3, -0.25) is 9.36 Å². The SMILES string of the molecule is Nc1ncnc2c1ncn2[C@@H]1O[C@H](COC(=O)Cc2ccccc2F)[C@@H](O)[C@H]1O. The molecular weight excluding hydrogens is 385 g/mol. The number of rotatable bonds is 5. The van der Waals surface area contributed by atoms with Crippen LogP contribution in [0.1, 0.15) is 11.8 Å². The first-order valence-corrected chi connectivity index (χ1v) is 8.79. The van der Waals surface area contributed by atoms with Crippen LogP contribution in [0.4, 0.5) is 10.2 Å². The van der Waals surface area contributed by atoms with E-state index < -0.39 is 36.3 Å². The molecule has 4 atom stereocenters. The molecule has 4 rings (SSSR count). The highest BCUT2D eigenvalue weighted by Crippen LogP contribution is 2.32. The van der Waals surface area contributed by atoms with Crippen LogP contribution in [-0.2, 0) is 20.7 Å². The lowest BCUT2D eigenvalue weighted by molar-refractivity contribution is -0.149. The third-order valence-electron chi connectivity index (χ3n) is 4.70. The molecule has 0 aliphatic carbocycles. The maximum absolute atomic E-state index is 13.6. The Labute approximate surface area is 163 Å². The standard InChI is InChI=1S/C18H18FN5O5/c19-10-4-2-1-3-9(10)5-12(25)28-6-11-14(26)15(27)18(29-11)24-8-23-13-16(20)21-7-22-17(13)24/h1-4,7-8,11,14-15,18,26-27H,5-6H2,(H2,20,21,22)/t11-,14-,15-,18-/m1/s1. The van der Waals surface area contributed by atoms with Crippen LogP contribution >= 0.6 is 0 Å². The number of anilines is 1.